The van der Waals surface area contributed by atoms with Crippen molar-refractivity contribution in [3.63, 3.8) is 0 Å². The number of nitrogens with two attached hydrogens (primary N) is 1. The van der Waals surface area contributed by atoms with Crippen LogP contribution in [0, 0.1) is 0 Å². The molecule has 0 saturated heterocycles. The summed E-state index contributed by atoms with van der Waals surface area (Å²) in [5.41, 5.74) is 10.8. The smallest absolute Gasteiger partial charge is 0.211 e. The van der Waals surface area contributed by atoms with Gasteiger partial charge in [-0.3, -0.25) is 4.39 Å². The van der Waals surface area contributed by atoms with Gasteiger partial charge in [-0.15, -0.1) is 0 Å². The van der Waals surface area contributed by atoms with E-state index in [1.165, 1.54) is 5.56 Å². The quantitative estimate of drug-likeness (QED) is 0.314. The average Bonchev–Trinajstić information content (AvgIpc) is 2.77. The van der Waals surface area contributed by atoms with E-state index in [9.17, 15) is 12.8 Å². The molecule has 172 valence electrons. The van der Waals surface area contributed by atoms with E-state index in [0.717, 1.165) is 36.0 Å². The Kier molecular flexibility index (Phi) is 11.0. The van der Waals surface area contributed by atoms with Gasteiger partial charge in [0, 0.05) is 18.5 Å². The molecule has 0 fully saturated rings. The number of alkyl halides is 2. The zero-order valence-electron chi connectivity index (χ0n) is 17.4. The number of hydrogen-bond acceptors (Lipinski definition) is 3. The number of hydrogen-bond donors (Lipinski definition) is 2. The summed E-state index contributed by atoms with van der Waals surface area (Å²) in [4.78, 5) is 1.97. The van der Waals surface area contributed by atoms with E-state index in [4.69, 9.17) is 28.9 Å². The van der Waals surface area contributed by atoms with Gasteiger partial charge in [-0.1, -0.05) is 70.1 Å². The van der Waals surface area contributed by atoms with Crippen molar-refractivity contribution in [1.29, 1.82) is 0 Å². The van der Waals surface area contributed by atoms with Gasteiger partial charge in [0.1, 0.15) is 0 Å². The maximum absolute atomic E-state index is 12.3. The Labute approximate surface area is 208 Å². The highest BCUT2D eigenvalue weighted by Gasteiger charge is 2.27. The molecule has 2 aromatic carbocycles. The highest BCUT2D eigenvalue weighted by atomic mass is 127. The second-order valence-electron chi connectivity index (χ2n) is 7.48. The molecule has 3 N–H and O–H groups in total. The molecule has 0 saturated carbocycles. The molecule has 0 heterocycles. The Morgan fingerprint density at radius 3 is 2.52 bits per heavy atom. The lowest BCUT2D eigenvalue weighted by atomic mass is 9.76. The van der Waals surface area contributed by atoms with Crippen LogP contribution in [0.1, 0.15) is 41.0 Å². The normalized spacial score (nSPS) is 18.1. The fourth-order valence-corrected chi connectivity index (χ4v) is 5.11. The van der Waals surface area contributed by atoms with E-state index in [2.05, 4.69) is 27.3 Å². The predicted octanol–water partition coefficient (Wildman–Crippen LogP) is 5.42. The number of rotatable bonds is 8. The van der Waals surface area contributed by atoms with E-state index in [1.807, 2.05) is 35.3 Å². The van der Waals surface area contributed by atoms with Crippen LogP contribution in [0.15, 0.2) is 36.4 Å². The predicted molar refractivity (Wildman–Crippen MR) is 137 cm³/mol. The summed E-state index contributed by atoms with van der Waals surface area (Å²) >= 11 is 14.3. The Balaban J connectivity index is 0.00000166. The Bertz CT molecular complexity index is 976. The number of halogens is 4. The van der Waals surface area contributed by atoms with E-state index >= 15 is 0 Å². The van der Waals surface area contributed by atoms with Crippen molar-refractivity contribution in [2.45, 2.75) is 44.2 Å². The van der Waals surface area contributed by atoms with Crippen LogP contribution in [-0.4, -0.2) is 31.8 Å². The minimum Gasteiger partial charge on any atom is -0.327 e. The van der Waals surface area contributed by atoms with Crippen LogP contribution in [0.5, 0.6) is 0 Å². The van der Waals surface area contributed by atoms with Crippen molar-refractivity contribution in [2.24, 2.45) is 5.73 Å². The lowest BCUT2D eigenvalue weighted by Crippen LogP contribution is -2.34. The zero-order valence-corrected chi connectivity index (χ0v) is 21.9. The standard InChI is InChI=1S/C21H25Cl2FN2O2S.CH3I/c22-19-6-3-14(12-20(19)23)10-18-17-11-15(2-4-16(17)5-7-21(18)25)13-26-29(27,28)9-1-8-24;1-2/h2-4,6,11-12,18,21,26H,1,5,7-10,13,25H2;1H3. The molecule has 1 aliphatic rings. The lowest BCUT2D eigenvalue weighted by Gasteiger charge is -2.32. The summed E-state index contributed by atoms with van der Waals surface area (Å²) in [6, 6.07) is 11.6. The molecule has 2 unspecified atom stereocenters. The second kappa shape index (κ2) is 12.7. The SMILES string of the molecule is CI.NC1CCc2ccc(CNS(=O)(=O)CCCF)cc2C1Cc1ccc(Cl)c(Cl)c1. The molecule has 31 heavy (non-hydrogen) atoms. The van der Waals surface area contributed by atoms with E-state index in [1.54, 1.807) is 6.07 Å². The van der Waals surface area contributed by atoms with E-state index < -0.39 is 16.7 Å². The summed E-state index contributed by atoms with van der Waals surface area (Å²) in [6.45, 7) is -0.468. The molecule has 0 aromatic heterocycles. The van der Waals surface area contributed by atoms with Gasteiger partial charge in [0.15, 0.2) is 0 Å². The molecule has 0 spiro atoms. The van der Waals surface area contributed by atoms with Crippen LogP contribution in [0.4, 0.5) is 4.39 Å². The minimum absolute atomic E-state index is 0.0000997. The highest BCUT2D eigenvalue weighted by Crippen LogP contribution is 2.35. The molecule has 4 nitrogen and oxygen atoms in total. The molecule has 3 rings (SSSR count). The minimum atomic E-state index is -3.49. The molecule has 9 heteroatoms. The van der Waals surface area contributed by atoms with E-state index in [0.29, 0.717) is 10.0 Å². The third-order valence-electron chi connectivity index (χ3n) is 5.36. The van der Waals surface area contributed by atoms with Crippen molar-refractivity contribution < 1.29 is 12.8 Å². The van der Waals surface area contributed by atoms with Crippen LogP contribution in [0.2, 0.25) is 10.0 Å². The third-order valence-corrected chi connectivity index (χ3v) is 7.51. The van der Waals surface area contributed by atoms with Crippen LogP contribution < -0.4 is 10.5 Å². The van der Waals surface area contributed by atoms with E-state index in [-0.39, 0.29) is 30.7 Å². The molecule has 2 atom stereocenters. The molecule has 0 bridgehead atoms. The van der Waals surface area contributed by atoms with Crippen molar-refractivity contribution in [3.8, 4) is 0 Å². The van der Waals surface area contributed by atoms with Gasteiger partial charge in [-0.05, 0) is 65.0 Å². The summed E-state index contributed by atoms with van der Waals surface area (Å²) < 4.78 is 38.7. The van der Waals surface area contributed by atoms with Crippen molar-refractivity contribution in [2.75, 3.05) is 17.4 Å². The second-order valence-corrected chi connectivity index (χ2v) is 10.2. The Morgan fingerprint density at radius 2 is 1.84 bits per heavy atom. The van der Waals surface area contributed by atoms with Crippen molar-refractivity contribution in [1.82, 2.24) is 4.72 Å². The van der Waals surface area contributed by atoms with Gasteiger partial charge in [0.05, 0.1) is 22.5 Å². The Hall–Kier alpha value is -0.450. The lowest BCUT2D eigenvalue weighted by molar-refractivity contribution is 0.467. The maximum atomic E-state index is 12.3. The van der Waals surface area contributed by atoms with Crippen LogP contribution in [0.25, 0.3) is 0 Å². The third kappa shape index (κ3) is 7.82. The first-order valence-corrected chi connectivity index (χ1v) is 14.6. The zero-order chi connectivity index (χ0) is 23.0. The van der Waals surface area contributed by atoms with Gasteiger partial charge in [-0.2, -0.15) is 0 Å². The van der Waals surface area contributed by atoms with Crippen molar-refractivity contribution >= 4 is 55.8 Å². The number of aryl methyl sites for hydroxylation is 1. The number of benzene rings is 2. The first-order valence-electron chi connectivity index (χ1n) is 10.0. The molecule has 2 aromatic rings. The van der Waals surface area contributed by atoms with Gasteiger partial charge in [0.2, 0.25) is 10.0 Å². The molecule has 0 aliphatic heterocycles. The summed E-state index contributed by atoms with van der Waals surface area (Å²) in [5.74, 6) is -0.0988. The van der Waals surface area contributed by atoms with Gasteiger partial charge >= 0.3 is 0 Å². The average molecular weight is 601 g/mol. The number of nitrogens with one attached hydrogen (secondary N) is 1. The topological polar surface area (TPSA) is 72.2 Å². The first kappa shape index (κ1) is 26.8. The van der Waals surface area contributed by atoms with Crippen LogP contribution in [-0.2, 0) is 29.4 Å². The fraction of sp³-hybridized carbons (Fsp3) is 0.455. The molecule has 0 radical (unpaired) electrons. The summed E-state index contributed by atoms with van der Waals surface area (Å²) in [5, 5.41) is 1.04. The maximum Gasteiger partial charge on any atom is 0.211 e. The van der Waals surface area contributed by atoms with Gasteiger partial charge in [0.25, 0.3) is 0 Å². The molecular formula is C22H28Cl2FIN2O2S. The number of sulfonamides is 1. The molecule has 0 amide bonds. The summed E-state index contributed by atoms with van der Waals surface area (Å²) in [6.07, 6.45) is 2.53. The number of fused-ring (bicyclic) bond motifs is 1. The van der Waals surface area contributed by atoms with Crippen LogP contribution >= 0.6 is 45.8 Å². The van der Waals surface area contributed by atoms with Crippen LogP contribution in [0.3, 0.4) is 0 Å². The Morgan fingerprint density at radius 1 is 1.13 bits per heavy atom. The fourth-order valence-electron chi connectivity index (χ4n) is 3.77. The van der Waals surface area contributed by atoms with Crippen molar-refractivity contribution in [3.05, 3.63) is 68.7 Å². The van der Waals surface area contributed by atoms with Gasteiger partial charge < -0.3 is 5.73 Å². The largest absolute Gasteiger partial charge is 0.327 e. The molecular weight excluding hydrogens is 573 g/mol. The molecule has 1 aliphatic carbocycles. The summed E-state index contributed by atoms with van der Waals surface area (Å²) in [7, 11) is -3.49. The first-order chi connectivity index (χ1) is 14.8. The highest BCUT2D eigenvalue weighted by molar-refractivity contribution is 14.1. The van der Waals surface area contributed by atoms with Gasteiger partial charge in [-0.25, -0.2) is 13.1 Å². The monoisotopic (exact) mass is 600 g/mol.